The van der Waals surface area contributed by atoms with Crippen LogP contribution in [0.5, 0.6) is 5.75 Å². The third-order valence-electron chi connectivity index (χ3n) is 9.33. The molecule has 3 aromatic rings. The van der Waals surface area contributed by atoms with Gasteiger partial charge in [0.1, 0.15) is 19.0 Å². The van der Waals surface area contributed by atoms with Gasteiger partial charge in [-0.3, -0.25) is 14.4 Å². The fraction of sp³-hybridized carbons (Fsp3) is 0.405. The number of carbonyl (C=O) groups is 3. The minimum absolute atomic E-state index is 0.0309. The molecule has 0 heterocycles. The van der Waals surface area contributed by atoms with Gasteiger partial charge in [-0.05, 0) is 73.8 Å². The number of hydrogen-bond donors (Lipinski definition) is 3. The second kappa shape index (κ2) is 20.1. The molecule has 0 aromatic heterocycles. The van der Waals surface area contributed by atoms with Crippen molar-refractivity contribution in [2.24, 2.45) is 11.8 Å². The summed E-state index contributed by atoms with van der Waals surface area (Å²) in [5, 5.41) is 16.1. The van der Waals surface area contributed by atoms with E-state index in [0.717, 1.165) is 48.1 Å². The fourth-order valence-electron chi connectivity index (χ4n) is 6.47. The van der Waals surface area contributed by atoms with Gasteiger partial charge in [-0.25, -0.2) is 0 Å². The van der Waals surface area contributed by atoms with E-state index in [4.69, 9.17) is 9.47 Å². The second-order valence-electron chi connectivity index (χ2n) is 13.3. The molecule has 2 amide bonds. The van der Waals surface area contributed by atoms with Crippen LogP contribution in [-0.4, -0.2) is 47.7 Å². The van der Waals surface area contributed by atoms with E-state index < -0.39 is 17.5 Å². The average Bonchev–Trinajstić information content (AvgIpc) is 3.61. The van der Waals surface area contributed by atoms with Crippen LogP contribution in [0.2, 0.25) is 0 Å². The number of nitrogens with one attached hydrogen (secondary N) is 2. The first-order valence-electron chi connectivity index (χ1n) is 17.7. The molecule has 3 atom stereocenters. The standard InChI is InChI=1S/C42H52N2O6/c1-3-5-19-36(26-32-15-8-6-9-16-32)41(48)50-30-37(27-33-20-22-38(23-21-33)49-29-34-17-10-7-11-18-34)43-40(47)35(14-4-2)28-39(46)44-42(31-45)24-12-13-25-42/h3-4,6-11,15-18,20-23,35-37,45H,1-2,5,12-14,19,24-31H2,(H,43,47)(H,44,46). The smallest absolute Gasteiger partial charge is 0.309 e. The molecule has 3 unspecified atom stereocenters. The van der Waals surface area contributed by atoms with Crippen LogP contribution >= 0.6 is 0 Å². The molecule has 50 heavy (non-hydrogen) atoms. The maximum atomic E-state index is 13.7. The number of amides is 2. The molecule has 3 N–H and O–H groups in total. The zero-order valence-corrected chi connectivity index (χ0v) is 29.1. The highest BCUT2D eigenvalue weighted by molar-refractivity contribution is 5.86. The van der Waals surface area contributed by atoms with E-state index in [1.165, 1.54) is 0 Å². The lowest BCUT2D eigenvalue weighted by molar-refractivity contribution is -0.150. The van der Waals surface area contributed by atoms with Crippen LogP contribution < -0.4 is 15.4 Å². The van der Waals surface area contributed by atoms with Crippen molar-refractivity contribution in [1.82, 2.24) is 10.6 Å². The van der Waals surface area contributed by atoms with E-state index in [0.29, 0.717) is 38.7 Å². The average molecular weight is 681 g/mol. The van der Waals surface area contributed by atoms with Gasteiger partial charge in [0.15, 0.2) is 0 Å². The Balaban J connectivity index is 1.45. The monoisotopic (exact) mass is 680 g/mol. The summed E-state index contributed by atoms with van der Waals surface area (Å²) in [6.45, 7) is 7.92. The predicted molar refractivity (Wildman–Crippen MR) is 196 cm³/mol. The number of aliphatic hydroxyl groups excluding tert-OH is 1. The minimum atomic E-state index is -0.671. The summed E-state index contributed by atoms with van der Waals surface area (Å²) in [7, 11) is 0. The SMILES string of the molecule is C=CCCC(Cc1ccccc1)C(=O)OCC(Cc1ccc(OCc2ccccc2)cc1)NC(=O)C(CC=C)CC(=O)NC1(CO)CCCC1. The number of ether oxygens (including phenoxy) is 2. The molecule has 0 radical (unpaired) electrons. The van der Waals surface area contributed by atoms with Crippen molar-refractivity contribution in [3.05, 3.63) is 127 Å². The van der Waals surface area contributed by atoms with Crippen LogP contribution in [0.15, 0.2) is 110 Å². The maximum absolute atomic E-state index is 13.7. The van der Waals surface area contributed by atoms with Gasteiger partial charge in [-0.1, -0.05) is 97.8 Å². The Kier molecular flexibility index (Phi) is 15.3. The van der Waals surface area contributed by atoms with Gasteiger partial charge in [0, 0.05) is 6.42 Å². The van der Waals surface area contributed by atoms with Gasteiger partial charge in [0.25, 0.3) is 0 Å². The summed E-state index contributed by atoms with van der Waals surface area (Å²) < 4.78 is 11.9. The summed E-state index contributed by atoms with van der Waals surface area (Å²) in [5.74, 6) is -1.23. The second-order valence-corrected chi connectivity index (χ2v) is 13.3. The van der Waals surface area contributed by atoms with Gasteiger partial charge >= 0.3 is 5.97 Å². The highest BCUT2D eigenvalue weighted by Gasteiger charge is 2.35. The molecule has 0 aliphatic heterocycles. The van der Waals surface area contributed by atoms with Crippen molar-refractivity contribution in [2.75, 3.05) is 13.2 Å². The molecule has 0 spiro atoms. The normalized spacial score (nSPS) is 15.2. The molecule has 1 saturated carbocycles. The Labute approximate surface area is 297 Å². The van der Waals surface area contributed by atoms with Gasteiger partial charge in [0.2, 0.25) is 11.8 Å². The van der Waals surface area contributed by atoms with Crippen LogP contribution in [0, 0.1) is 11.8 Å². The fourth-order valence-corrected chi connectivity index (χ4v) is 6.47. The minimum Gasteiger partial charge on any atom is -0.489 e. The Hall–Kier alpha value is -4.69. The van der Waals surface area contributed by atoms with E-state index in [-0.39, 0.29) is 43.3 Å². The number of hydrogen-bond acceptors (Lipinski definition) is 6. The van der Waals surface area contributed by atoms with Gasteiger partial charge in [-0.15, -0.1) is 13.2 Å². The van der Waals surface area contributed by atoms with Crippen molar-refractivity contribution >= 4 is 17.8 Å². The Morgan fingerprint density at radius 1 is 0.820 bits per heavy atom. The number of carbonyl (C=O) groups excluding carboxylic acids is 3. The number of rotatable bonds is 21. The largest absolute Gasteiger partial charge is 0.489 e. The lowest BCUT2D eigenvalue weighted by Crippen LogP contribution is -2.50. The molecular formula is C42H52N2O6. The van der Waals surface area contributed by atoms with Crippen LogP contribution in [-0.2, 0) is 38.6 Å². The first kappa shape index (κ1) is 38.1. The lowest BCUT2D eigenvalue weighted by atomic mass is 9.94. The first-order chi connectivity index (χ1) is 24.3. The van der Waals surface area contributed by atoms with Gasteiger partial charge < -0.3 is 25.2 Å². The van der Waals surface area contributed by atoms with Gasteiger partial charge in [0.05, 0.1) is 30.0 Å². The molecule has 0 saturated heterocycles. The molecule has 3 aromatic carbocycles. The Morgan fingerprint density at radius 3 is 2.08 bits per heavy atom. The number of allylic oxidation sites excluding steroid dienone is 2. The van der Waals surface area contributed by atoms with E-state index >= 15 is 0 Å². The highest BCUT2D eigenvalue weighted by Crippen LogP contribution is 2.29. The van der Waals surface area contributed by atoms with Crippen molar-refractivity contribution in [3.63, 3.8) is 0 Å². The molecule has 1 fully saturated rings. The van der Waals surface area contributed by atoms with Crippen molar-refractivity contribution < 1.29 is 29.0 Å². The molecule has 266 valence electrons. The third-order valence-corrected chi connectivity index (χ3v) is 9.33. The molecule has 8 nitrogen and oxygen atoms in total. The lowest BCUT2D eigenvalue weighted by Gasteiger charge is -2.29. The summed E-state index contributed by atoms with van der Waals surface area (Å²) in [5.41, 5.74) is 2.42. The molecule has 1 aliphatic rings. The van der Waals surface area contributed by atoms with Crippen LogP contribution in [0.3, 0.4) is 0 Å². The zero-order valence-electron chi connectivity index (χ0n) is 29.1. The summed E-state index contributed by atoms with van der Waals surface area (Å²) in [6, 6.07) is 26.9. The van der Waals surface area contributed by atoms with E-state index in [2.05, 4.69) is 23.8 Å². The van der Waals surface area contributed by atoms with E-state index in [9.17, 15) is 19.5 Å². The third kappa shape index (κ3) is 12.3. The molecule has 4 rings (SSSR count). The summed E-state index contributed by atoms with van der Waals surface area (Å²) >= 11 is 0. The van der Waals surface area contributed by atoms with E-state index in [1.54, 1.807) is 12.2 Å². The van der Waals surface area contributed by atoms with E-state index in [1.807, 2.05) is 84.9 Å². The number of esters is 1. The Morgan fingerprint density at radius 2 is 1.46 bits per heavy atom. The highest BCUT2D eigenvalue weighted by atomic mass is 16.5. The predicted octanol–water partition coefficient (Wildman–Crippen LogP) is 6.66. The maximum Gasteiger partial charge on any atom is 0.309 e. The summed E-state index contributed by atoms with van der Waals surface area (Å²) in [6.07, 6.45) is 9.22. The number of aliphatic hydroxyl groups is 1. The molecule has 8 heteroatoms. The Bertz CT molecular complexity index is 1500. The molecular weight excluding hydrogens is 628 g/mol. The first-order valence-corrected chi connectivity index (χ1v) is 17.7. The quantitative estimate of drug-likeness (QED) is 0.0857. The van der Waals surface area contributed by atoms with Crippen LogP contribution in [0.4, 0.5) is 0 Å². The molecule has 0 bridgehead atoms. The van der Waals surface area contributed by atoms with Gasteiger partial charge in [-0.2, -0.15) is 0 Å². The van der Waals surface area contributed by atoms with Crippen molar-refractivity contribution in [1.29, 1.82) is 0 Å². The molecule has 1 aliphatic carbocycles. The zero-order chi connectivity index (χ0) is 35.6. The number of benzene rings is 3. The van der Waals surface area contributed by atoms with Crippen LogP contribution in [0.1, 0.15) is 68.1 Å². The topological polar surface area (TPSA) is 114 Å². The van der Waals surface area contributed by atoms with Crippen LogP contribution in [0.25, 0.3) is 0 Å². The van der Waals surface area contributed by atoms with Crippen molar-refractivity contribution in [3.8, 4) is 5.75 Å². The summed E-state index contributed by atoms with van der Waals surface area (Å²) in [4.78, 5) is 40.3. The van der Waals surface area contributed by atoms with Crippen molar-refractivity contribution in [2.45, 2.75) is 82.4 Å².